The molecule has 0 saturated carbocycles. The van der Waals surface area contributed by atoms with Crippen LogP contribution in [0.3, 0.4) is 0 Å². The van der Waals surface area contributed by atoms with Crippen molar-refractivity contribution < 1.29 is 13.9 Å². The number of hydrogen-bond donors (Lipinski definition) is 1. The minimum Gasteiger partial charge on any atom is -0.490 e. The van der Waals surface area contributed by atoms with Gasteiger partial charge in [-0.05, 0) is 19.1 Å². The van der Waals surface area contributed by atoms with Gasteiger partial charge < -0.3 is 19.6 Å². The van der Waals surface area contributed by atoms with Crippen LogP contribution in [0.2, 0.25) is 0 Å². The predicted octanol–water partition coefficient (Wildman–Crippen LogP) is 1.86. The standard InChI is InChI=1S/C15H17NO4/c1-11-2-4-12(5-3-11)18-6-7-19-15-10-20-13(9-16)8-14(15)17/h2-5,8,10H,6-7,9,16H2,1H3. The van der Waals surface area contributed by atoms with Gasteiger partial charge in [-0.2, -0.15) is 0 Å². The summed E-state index contributed by atoms with van der Waals surface area (Å²) in [5.74, 6) is 1.36. The zero-order valence-corrected chi connectivity index (χ0v) is 11.3. The Morgan fingerprint density at radius 2 is 1.85 bits per heavy atom. The molecule has 1 heterocycles. The van der Waals surface area contributed by atoms with Crippen molar-refractivity contribution in [1.82, 2.24) is 0 Å². The molecule has 5 nitrogen and oxygen atoms in total. The predicted molar refractivity (Wildman–Crippen MR) is 75.0 cm³/mol. The second kappa shape index (κ2) is 6.77. The zero-order chi connectivity index (χ0) is 14.4. The molecule has 2 rings (SSSR count). The van der Waals surface area contributed by atoms with Gasteiger partial charge in [-0.25, -0.2) is 0 Å². The molecule has 1 aromatic heterocycles. The van der Waals surface area contributed by atoms with Crippen molar-refractivity contribution in [1.29, 1.82) is 0 Å². The maximum Gasteiger partial charge on any atom is 0.227 e. The molecule has 0 saturated heterocycles. The normalized spacial score (nSPS) is 10.3. The molecule has 1 aromatic carbocycles. The van der Waals surface area contributed by atoms with E-state index in [1.165, 1.54) is 17.9 Å². The third kappa shape index (κ3) is 3.86. The number of nitrogens with two attached hydrogens (primary N) is 1. The SMILES string of the molecule is Cc1ccc(OCCOc2coc(CN)cc2=O)cc1. The second-order valence-electron chi connectivity index (χ2n) is 4.29. The average molecular weight is 275 g/mol. The first-order chi connectivity index (χ1) is 9.69. The van der Waals surface area contributed by atoms with Crippen molar-refractivity contribution in [3.8, 4) is 11.5 Å². The molecule has 0 bridgehead atoms. The third-order valence-corrected chi connectivity index (χ3v) is 2.68. The van der Waals surface area contributed by atoms with Gasteiger partial charge in [-0.1, -0.05) is 17.7 Å². The Morgan fingerprint density at radius 3 is 2.50 bits per heavy atom. The Hall–Kier alpha value is -2.27. The molecule has 0 amide bonds. The van der Waals surface area contributed by atoms with Gasteiger partial charge in [0.1, 0.15) is 31.0 Å². The molecule has 20 heavy (non-hydrogen) atoms. The van der Waals surface area contributed by atoms with Crippen LogP contribution in [-0.2, 0) is 6.54 Å². The van der Waals surface area contributed by atoms with Gasteiger partial charge in [0.25, 0.3) is 0 Å². The van der Waals surface area contributed by atoms with Crippen molar-refractivity contribution in [2.24, 2.45) is 5.73 Å². The summed E-state index contributed by atoms with van der Waals surface area (Å²) >= 11 is 0. The Labute approximate surface area is 116 Å². The Balaban J connectivity index is 1.81. The summed E-state index contributed by atoms with van der Waals surface area (Å²) in [5.41, 5.74) is 6.30. The summed E-state index contributed by atoms with van der Waals surface area (Å²) in [6.45, 7) is 2.81. The van der Waals surface area contributed by atoms with Crippen LogP contribution in [0.15, 0.2) is 45.8 Å². The largest absolute Gasteiger partial charge is 0.490 e. The molecule has 0 aliphatic heterocycles. The van der Waals surface area contributed by atoms with E-state index in [9.17, 15) is 4.79 Å². The van der Waals surface area contributed by atoms with Crippen LogP contribution in [-0.4, -0.2) is 13.2 Å². The Kier molecular flexibility index (Phi) is 4.79. The van der Waals surface area contributed by atoms with E-state index in [0.717, 1.165) is 5.75 Å². The molecule has 0 fully saturated rings. The number of hydrogen-bond acceptors (Lipinski definition) is 5. The van der Waals surface area contributed by atoms with E-state index in [0.29, 0.717) is 12.4 Å². The van der Waals surface area contributed by atoms with E-state index in [1.807, 2.05) is 31.2 Å². The third-order valence-electron chi connectivity index (χ3n) is 2.68. The second-order valence-corrected chi connectivity index (χ2v) is 4.29. The molecule has 0 aliphatic carbocycles. The first-order valence-corrected chi connectivity index (χ1v) is 6.33. The van der Waals surface area contributed by atoms with E-state index in [2.05, 4.69) is 0 Å². The van der Waals surface area contributed by atoms with Crippen LogP contribution in [0.1, 0.15) is 11.3 Å². The molecule has 2 N–H and O–H groups in total. The van der Waals surface area contributed by atoms with Gasteiger partial charge in [0.05, 0.1) is 6.54 Å². The molecular weight excluding hydrogens is 258 g/mol. The van der Waals surface area contributed by atoms with Crippen molar-refractivity contribution in [2.45, 2.75) is 13.5 Å². The monoisotopic (exact) mass is 275 g/mol. The number of ether oxygens (including phenoxy) is 2. The fourth-order valence-corrected chi connectivity index (χ4v) is 1.60. The van der Waals surface area contributed by atoms with Crippen molar-refractivity contribution >= 4 is 0 Å². The van der Waals surface area contributed by atoms with E-state index in [1.54, 1.807) is 0 Å². The van der Waals surface area contributed by atoms with Crippen LogP contribution in [0.4, 0.5) is 0 Å². The molecule has 5 heteroatoms. The van der Waals surface area contributed by atoms with Crippen LogP contribution in [0.25, 0.3) is 0 Å². The zero-order valence-electron chi connectivity index (χ0n) is 11.3. The summed E-state index contributed by atoms with van der Waals surface area (Å²) in [6.07, 6.45) is 1.27. The first kappa shape index (κ1) is 14.1. The van der Waals surface area contributed by atoms with Gasteiger partial charge >= 0.3 is 0 Å². The summed E-state index contributed by atoms with van der Waals surface area (Å²) in [5, 5.41) is 0. The quantitative estimate of drug-likeness (QED) is 0.814. The lowest BCUT2D eigenvalue weighted by atomic mass is 10.2. The summed E-state index contributed by atoms with van der Waals surface area (Å²) in [7, 11) is 0. The molecule has 0 radical (unpaired) electrons. The molecule has 0 aliphatic rings. The van der Waals surface area contributed by atoms with Crippen LogP contribution < -0.4 is 20.6 Å². The summed E-state index contributed by atoms with van der Waals surface area (Å²) in [6, 6.07) is 9.04. The highest BCUT2D eigenvalue weighted by Gasteiger charge is 2.03. The number of benzene rings is 1. The summed E-state index contributed by atoms with van der Waals surface area (Å²) in [4.78, 5) is 11.6. The van der Waals surface area contributed by atoms with E-state index < -0.39 is 0 Å². The fourth-order valence-electron chi connectivity index (χ4n) is 1.60. The molecule has 0 unspecified atom stereocenters. The number of rotatable bonds is 6. The first-order valence-electron chi connectivity index (χ1n) is 6.33. The molecule has 2 aromatic rings. The van der Waals surface area contributed by atoms with Crippen molar-refractivity contribution in [3.05, 3.63) is 58.1 Å². The van der Waals surface area contributed by atoms with Gasteiger partial charge in [-0.15, -0.1) is 0 Å². The van der Waals surface area contributed by atoms with Crippen LogP contribution in [0.5, 0.6) is 11.5 Å². The Morgan fingerprint density at radius 1 is 1.15 bits per heavy atom. The molecular formula is C15H17NO4. The smallest absolute Gasteiger partial charge is 0.227 e. The van der Waals surface area contributed by atoms with Crippen molar-refractivity contribution in [3.63, 3.8) is 0 Å². The lowest BCUT2D eigenvalue weighted by Gasteiger charge is -2.08. The van der Waals surface area contributed by atoms with Gasteiger partial charge in [0, 0.05) is 6.07 Å². The van der Waals surface area contributed by atoms with Crippen molar-refractivity contribution in [2.75, 3.05) is 13.2 Å². The molecule has 106 valence electrons. The van der Waals surface area contributed by atoms with Crippen LogP contribution in [0, 0.1) is 6.92 Å². The van der Waals surface area contributed by atoms with E-state index in [4.69, 9.17) is 19.6 Å². The highest BCUT2D eigenvalue weighted by atomic mass is 16.5. The maximum absolute atomic E-state index is 11.6. The fraction of sp³-hybridized carbons (Fsp3) is 0.267. The van der Waals surface area contributed by atoms with Gasteiger partial charge in [0.2, 0.25) is 11.2 Å². The summed E-state index contributed by atoms with van der Waals surface area (Å²) < 4.78 is 15.9. The lowest BCUT2D eigenvalue weighted by Crippen LogP contribution is -2.14. The van der Waals surface area contributed by atoms with Crippen LogP contribution >= 0.6 is 0 Å². The minimum absolute atomic E-state index is 0.162. The maximum atomic E-state index is 11.6. The lowest BCUT2D eigenvalue weighted by molar-refractivity contribution is 0.212. The average Bonchev–Trinajstić information content (AvgIpc) is 2.46. The van der Waals surface area contributed by atoms with Gasteiger partial charge in [0.15, 0.2) is 0 Å². The van der Waals surface area contributed by atoms with E-state index in [-0.39, 0.29) is 24.3 Å². The minimum atomic E-state index is -0.243. The van der Waals surface area contributed by atoms with E-state index >= 15 is 0 Å². The number of aryl methyl sites for hydroxylation is 1. The highest BCUT2D eigenvalue weighted by Crippen LogP contribution is 2.11. The van der Waals surface area contributed by atoms with Gasteiger partial charge in [-0.3, -0.25) is 4.79 Å². The topological polar surface area (TPSA) is 74.7 Å². The molecule has 0 spiro atoms. The Bertz CT molecular complexity index is 604. The molecule has 0 atom stereocenters. The highest BCUT2D eigenvalue weighted by molar-refractivity contribution is 5.26.